The van der Waals surface area contributed by atoms with Gasteiger partial charge in [-0.05, 0) is 24.5 Å². The molecule has 1 amide bonds. The first-order valence-electron chi connectivity index (χ1n) is 10.2. The highest BCUT2D eigenvalue weighted by molar-refractivity contribution is 5.85. The van der Waals surface area contributed by atoms with Crippen molar-refractivity contribution in [2.24, 2.45) is 13.0 Å². The van der Waals surface area contributed by atoms with E-state index in [2.05, 4.69) is 49.7 Å². The van der Waals surface area contributed by atoms with E-state index in [1.807, 2.05) is 30.1 Å². The third-order valence-corrected chi connectivity index (χ3v) is 5.85. The maximum Gasteiger partial charge on any atom is 0.234 e. The summed E-state index contributed by atoms with van der Waals surface area (Å²) in [4.78, 5) is 21.7. The Kier molecular flexibility index (Phi) is 9.42. The zero-order chi connectivity index (χ0) is 19.3. The predicted octanol–water partition coefficient (Wildman–Crippen LogP) is 1.85. The van der Waals surface area contributed by atoms with E-state index in [9.17, 15) is 4.79 Å². The molecule has 2 atom stereocenters. The van der Waals surface area contributed by atoms with Gasteiger partial charge in [-0.3, -0.25) is 9.69 Å². The Morgan fingerprint density at radius 3 is 2.77 bits per heavy atom. The fraction of sp³-hybridized carbons (Fsp3) is 0.524. The van der Waals surface area contributed by atoms with Gasteiger partial charge in [-0.2, -0.15) is 0 Å². The number of para-hydroxylation sites is 1. The molecule has 0 saturated carbocycles. The van der Waals surface area contributed by atoms with Gasteiger partial charge >= 0.3 is 0 Å². The Morgan fingerprint density at radius 2 is 2.03 bits per heavy atom. The highest BCUT2D eigenvalue weighted by Gasteiger charge is 2.29. The van der Waals surface area contributed by atoms with Crippen LogP contribution in [0.1, 0.15) is 18.3 Å². The van der Waals surface area contributed by atoms with Crippen LogP contribution in [0.15, 0.2) is 42.7 Å². The molecule has 0 spiro atoms. The third-order valence-electron chi connectivity index (χ3n) is 5.85. The number of hydrogen-bond acceptors (Lipinski definition) is 5. The Morgan fingerprint density at radius 1 is 1.23 bits per heavy atom. The molecule has 2 saturated heterocycles. The molecule has 3 heterocycles. The van der Waals surface area contributed by atoms with Gasteiger partial charge in [-0.1, -0.05) is 18.2 Å². The normalized spacial score (nSPS) is 21.6. The van der Waals surface area contributed by atoms with Crippen LogP contribution in [0.4, 0.5) is 5.69 Å². The van der Waals surface area contributed by atoms with Gasteiger partial charge in [0.25, 0.3) is 0 Å². The fourth-order valence-electron chi connectivity index (χ4n) is 4.26. The smallest absolute Gasteiger partial charge is 0.234 e. The van der Waals surface area contributed by atoms with Crippen LogP contribution in [0.3, 0.4) is 0 Å². The molecular weight excluding hydrogens is 423 g/mol. The summed E-state index contributed by atoms with van der Waals surface area (Å²) in [6, 6.07) is 10.7. The van der Waals surface area contributed by atoms with Crippen LogP contribution in [0, 0.1) is 5.92 Å². The van der Waals surface area contributed by atoms with Crippen LogP contribution in [0.5, 0.6) is 0 Å². The summed E-state index contributed by atoms with van der Waals surface area (Å²) in [5, 5.41) is 6.59. The van der Waals surface area contributed by atoms with E-state index in [-0.39, 0.29) is 36.8 Å². The van der Waals surface area contributed by atoms with Crippen molar-refractivity contribution in [1.29, 1.82) is 0 Å². The largest absolute Gasteiger partial charge is 0.371 e. The lowest BCUT2D eigenvalue weighted by Gasteiger charge is -2.35. The standard InChI is InChI=1S/C21H30N6O.2ClH/c1-25-11-9-23-21(25)19-14-22-8-12-27(19)16-20(28)24-13-17-7-10-26(15-17)18-5-3-2-4-6-18;;/h2-6,9,11,17,19,22H,7-8,10,12-16H2,1H3,(H,24,28);2*1H. The summed E-state index contributed by atoms with van der Waals surface area (Å²) in [6.07, 6.45) is 4.90. The van der Waals surface area contributed by atoms with Crippen LogP contribution in [-0.2, 0) is 11.8 Å². The third kappa shape index (κ3) is 5.88. The lowest BCUT2D eigenvalue weighted by atomic mass is 10.1. The fourth-order valence-corrected chi connectivity index (χ4v) is 4.26. The highest BCUT2D eigenvalue weighted by Crippen LogP contribution is 2.23. The quantitative estimate of drug-likeness (QED) is 0.696. The minimum atomic E-state index is 0. The number of carbonyl (C=O) groups is 1. The monoisotopic (exact) mass is 454 g/mol. The summed E-state index contributed by atoms with van der Waals surface area (Å²) in [5.74, 6) is 1.63. The number of aromatic nitrogens is 2. The van der Waals surface area contributed by atoms with Crippen LogP contribution in [-0.4, -0.2) is 66.2 Å². The second-order valence-electron chi connectivity index (χ2n) is 7.83. The number of hydrogen-bond donors (Lipinski definition) is 2. The number of halogens is 2. The van der Waals surface area contributed by atoms with Crippen molar-refractivity contribution in [2.45, 2.75) is 12.5 Å². The zero-order valence-electron chi connectivity index (χ0n) is 17.4. The Hall–Kier alpha value is -1.80. The van der Waals surface area contributed by atoms with Gasteiger partial charge in [0.05, 0.1) is 12.6 Å². The topological polar surface area (TPSA) is 65.4 Å². The summed E-state index contributed by atoms with van der Waals surface area (Å²) < 4.78 is 2.04. The van der Waals surface area contributed by atoms with Crippen LogP contribution in [0.25, 0.3) is 0 Å². The van der Waals surface area contributed by atoms with Gasteiger partial charge in [0.2, 0.25) is 5.91 Å². The van der Waals surface area contributed by atoms with E-state index < -0.39 is 0 Å². The molecule has 2 aliphatic rings. The summed E-state index contributed by atoms with van der Waals surface area (Å²) in [5.41, 5.74) is 1.27. The first-order chi connectivity index (χ1) is 13.7. The molecule has 7 nitrogen and oxygen atoms in total. The van der Waals surface area contributed by atoms with Crippen molar-refractivity contribution in [3.05, 3.63) is 48.5 Å². The molecule has 2 aromatic rings. The molecule has 9 heteroatoms. The number of nitrogens with zero attached hydrogens (tertiary/aromatic N) is 4. The van der Waals surface area contributed by atoms with E-state index in [1.54, 1.807) is 0 Å². The molecule has 0 bridgehead atoms. The van der Waals surface area contributed by atoms with E-state index in [4.69, 9.17) is 0 Å². The molecule has 4 rings (SSSR count). The molecule has 0 aliphatic carbocycles. The maximum absolute atomic E-state index is 12.6. The van der Waals surface area contributed by atoms with Crippen molar-refractivity contribution in [2.75, 3.05) is 50.7 Å². The first kappa shape index (κ1) is 24.5. The highest BCUT2D eigenvalue weighted by atomic mass is 35.5. The molecule has 2 fully saturated rings. The summed E-state index contributed by atoms with van der Waals surface area (Å²) in [7, 11) is 2.01. The molecule has 2 aliphatic heterocycles. The Labute approximate surface area is 191 Å². The molecular formula is C21H32Cl2N6O. The number of anilines is 1. The van der Waals surface area contributed by atoms with E-state index in [0.717, 1.165) is 51.5 Å². The average molecular weight is 455 g/mol. The molecule has 30 heavy (non-hydrogen) atoms. The number of rotatable bonds is 6. The van der Waals surface area contributed by atoms with E-state index in [1.165, 1.54) is 5.69 Å². The second kappa shape index (κ2) is 11.6. The van der Waals surface area contributed by atoms with Gasteiger partial charge in [0, 0.05) is 64.4 Å². The molecule has 2 N–H and O–H groups in total. The Bertz CT molecular complexity index is 787. The molecule has 1 aromatic heterocycles. The summed E-state index contributed by atoms with van der Waals surface area (Å²) in [6.45, 7) is 5.83. The molecule has 2 unspecified atom stereocenters. The van der Waals surface area contributed by atoms with Gasteiger partial charge in [0.15, 0.2) is 0 Å². The van der Waals surface area contributed by atoms with Gasteiger partial charge < -0.3 is 20.1 Å². The van der Waals surface area contributed by atoms with Crippen LogP contribution < -0.4 is 15.5 Å². The number of aryl methyl sites for hydroxylation is 1. The van der Waals surface area contributed by atoms with Gasteiger partial charge in [-0.15, -0.1) is 24.8 Å². The minimum absolute atomic E-state index is 0. The van der Waals surface area contributed by atoms with Crippen molar-refractivity contribution in [3.63, 3.8) is 0 Å². The minimum Gasteiger partial charge on any atom is -0.371 e. The van der Waals surface area contributed by atoms with Gasteiger partial charge in [0.1, 0.15) is 5.82 Å². The SMILES string of the molecule is Cl.Cl.Cn1ccnc1C1CNCCN1CC(=O)NCC1CCN(c2ccccc2)C1. The molecule has 0 radical (unpaired) electrons. The number of piperazine rings is 1. The summed E-state index contributed by atoms with van der Waals surface area (Å²) >= 11 is 0. The number of benzene rings is 1. The molecule has 166 valence electrons. The second-order valence-corrected chi connectivity index (χ2v) is 7.83. The average Bonchev–Trinajstić information content (AvgIpc) is 3.37. The van der Waals surface area contributed by atoms with Crippen molar-refractivity contribution in [3.8, 4) is 0 Å². The van der Waals surface area contributed by atoms with Gasteiger partial charge in [-0.25, -0.2) is 4.98 Å². The maximum atomic E-state index is 12.6. The van der Waals surface area contributed by atoms with Crippen LogP contribution >= 0.6 is 24.8 Å². The number of amides is 1. The first-order valence-corrected chi connectivity index (χ1v) is 10.2. The van der Waals surface area contributed by atoms with Crippen molar-refractivity contribution in [1.82, 2.24) is 25.1 Å². The lowest BCUT2D eigenvalue weighted by molar-refractivity contribution is -0.123. The predicted molar refractivity (Wildman–Crippen MR) is 125 cm³/mol. The van der Waals surface area contributed by atoms with Crippen molar-refractivity contribution >= 4 is 36.4 Å². The lowest BCUT2D eigenvalue weighted by Crippen LogP contribution is -2.50. The molecule has 1 aromatic carbocycles. The Balaban J connectivity index is 0.00000160. The van der Waals surface area contributed by atoms with Crippen LogP contribution in [0.2, 0.25) is 0 Å². The number of imidazole rings is 1. The van der Waals surface area contributed by atoms with E-state index >= 15 is 0 Å². The number of carbonyl (C=O) groups excluding carboxylic acids is 1. The van der Waals surface area contributed by atoms with E-state index in [0.29, 0.717) is 12.5 Å². The zero-order valence-corrected chi connectivity index (χ0v) is 19.0. The number of nitrogens with one attached hydrogen (secondary N) is 2. The van der Waals surface area contributed by atoms with Crippen molar-refractivity contribution < 1.29 is 4.79 Å².